The Morgan fingerprint density at radius 3 is 2.08 bits per heavy atom. The van der Waals surface area contributed by atoms with E-state index in [0.717, 1.165) is 5.56 Å². The fourth-order valence-electron chi connectivity index (χ4n) is 3.28. The van der Waals surface area contributed by atoms with E-state index < -0.39 is 11.0 Å². The Kier molecular flexibility index (Phi) is 7.44. The van der Waals surface area contributed by atoms with Crippen molar-refractivity contribution in [2.24, 2.45) is 0 Å². The summed E-state index contributed by atoms with van der Waals surface area (Å²) >= 11 is 0. The first-order valence-corrected chi connectivity index (χ1v) is 12.3. The van der Waals surface area contributed by atoms with Gasteiger partial charge in [0, 0.05) is 12.4 Å². The van der Waals surface area contributed by atoms with Gasteiger partial charge in [-0.15, -0.1) is 0 Å². The highest BCUT2D eigenvalue weighted by molar-refractivity contribution is 7.86. The highest BCUT2D eigenvalue weighted by Gasteiger charge is 2.23. The Labute approximate surface area is 212 Å². The molecule has 0 aliphatic rings. The molecule has 0 bridgehead atoms. The Bertz CT molecular complexity index is 1360. The fraction of sp³-hybridized carbons (Fsp3) is 0.231. The summed E-state index contributed by atoms with van der Waals surface area (Å²) < 4.78 is 33.3. The van der Waals surface area contributed by atoms with Crippen LogP contribution in [0.5, 0.6) is 23.1 Å². The second kappa shape index (κ2) is 10.7. The Hall–Kier alpha value is -4.05. The molecule has 36 heavy (non-hydrogen) atoms. The van der Waals surface area contributed by atoms with Crippen LogP contribution in [-0.2, 0) is 16.4 Å². The van der Waals surface area contributed by atoms with Crippen molar-refractivity contribution < 1.29 is 18.4 Å². The van der Waals surface area contributed by atoms with Crippen molar-refractivity contribution in [1.29, 1.82) is 0 Å². The molecule has 10 heteroatoms. The van der Waals surface area contributed by atoms with Crippen LogP contribution in [0.3, 0.4) is 0 Å². The smallest absolute Gasteiger partial charge is 0.263 e. The highest BCUT2D eigenvalue weighted by atomic mass is 32.2. The summed E-state index contributed by atoms with van der Waals surface area (Å²) in [7, 11) is 1.33. The molecule has 0 fully saturated rings. The lowest BCUT2D eigenvalue weighted by Crippen LogP contribution is -2.13. The molecule has 1 unspecified atom stereocenters. The quantitative estimate of drug-likeness (QED) is 0.349. The van der Waals surface area contributed by atoms with E-state index in [1.807, 2.05) is 30.3 Å². The molecule has 9 nitrogen and oxygen atoms in total. The predicted molar refractivity (Wildman–Crippen MR) is 138 cm³/mol. The maximum Gasteiger partial charge on any atom is 0.263 e. The van der Waals surface area contributed by atoms with E-state index in [9.17, 15) is 4.21 Å². The van der Waals surface area contributed by atoms with Crippen LogP contribution in [0.2, 0.25) is 0 Å². The molecule has 0 aliphatic heterocycles. The van der Waals surface area contributed by atoms with E-state index in [4.69, 9.17) is 14.2 Å². The molecule has 4 aromatic rings. The molecule has 2 aromatic heterocycles. The number of rotatable bonds is 8. The number of ether oxygens (including phenoxy) is 3. The van der Waals surface area contributed by atoms with E-state index in [-0.39, 0.29) is 34.5 Å². The summed E-state index contributed by atoms with van der Waals surface area (Å²) in [5, 5.41) is 0. The molecule has 0 saturated heterocycles. The monoisotopic (exact) mass is 505 g/mol. The lowest BCUT2D eigenvalue weighted by Gasteiger charge is -2.19. The second-order valence-electron chi connectivity index (χ2n) is 8.70. The van der Waals surface area contributed by atoms with Crippen LogP contribution in [0, 0.1) is 0 Å². The molecule has 0 radical (unpaired) electrons. The van der Waals surface area contributed by atoms with Crippen molar-refractivity contribution in [1.82, 2.24) is 19.9 Å². The van der Waals surface area contributed by atoms with Crippen molar-refractivity contribution in [2.45, 2.75) is 31.1 Å². The molecular formula is C26H27N5O4S. The maximum absolute atomic E-state index is 13.3. The van der Waals surface area contributed by atoms with Gasteiger partial charge in [0.05, 0.1) is 19.1 Å². The Morgan fingerprint density at radius 2 is 1.47 bits per heavy atom. The van der Waals surface area contributed by atoms with E-state index in [2.05, 4.69) is 45.4 Å². The SMILES string of the molecule is COc1ccccc1Oc1c(NS(=O)c2ccc(C(C)(C)C)cc2)nc(-c2ncccn2)nc1OC. The van der Waals surface area contributed by atoms with E-state index in [1.165, 1.54) is 7.11 Å². The van der Waals surface area contributed by atoms with Gasteiger partial charge in [-0.25, -0.2) is 19.2 Å². The number of methoxy groups -OCH3 is 2. The third-order valence-electron chi connectivity index (χ3n) is 5.20. The number of para-hydroxylation sites is 2. The van der Waals surface area contributed by atoms with Gasteiger partial charge in [-0.05, 0) is 41.3 Å². The van der Waals surface area contributed by atoms with Gasteiger partial charge in [0.2, 0.25) is 11.6 Å². The van der Waals surface area contributed by atoms with Gasteiger partial charge >= 0.3 is 0 Å². The summed E-state index contributed by atoms with van der Waals surface area (Å²) in [4.78, 5) is 18.0. The third-order valence-corrected chi connectivity index (χ3v) is 6.28. The zero-order valence-electron chi connectivity index (χ0n) is 20.7. The van der Waals surface area contributed by atoms with E-state index in [1.54, 1.807) is 43.8 Å². The van der Waals surface area contributed by atoms with Crippen LogP contribution in [0.4, 0.5) is 5.82 Å². The molecule has 186 valence electrons. The van der Waals surface area contributed by atoms with Gasteiger partial charge in [0.25, 0.3) is 5.88 Å². The molecule has 1 atom stereocenters. The Balaban J connectivity index is 1.77. The summed E-state index contributed by atoms with van der Waals surface area (Å²) in [6.45, 7) is 6.37. The van der Waals surface area contributed by atoms with Crippen molar-refractivity contribution in [3.63, 3.8) is 0 Å². The highest BCUT2D eigenvalue weighted by Crippen LogP contribution is 2.40. The van der Waals surface area contributed by atoms with Crippen molar-refractivity contribution >= 4 is 16.8 Å². The summed E-state index contributed by atoms with van der Waals surface area (Å²) in [6, 6.07) is 16.4. The van der Waals surface area contributed by atoms with Gasteiger partial charge in [-0.2, -0.15) is 4.98 Å². The van der Waals surface area contributed by atoms with Crippen molar-refractivity contribution in [2.75, 3.05) is 18.9 Å². The molecule has 0 aliphatic carbocycles. The molecule has 2 aromatic carbocycles. The van der Waals surface area contributed by atoms with Gasteiger partial charge in [-0.1, -0.05) is 45.0 Å². The van der Waals surface area contributed by atoms with Crippen LogP contribution in [0.1, 0.15) is 26.3 Å². The average Bonchev–Trinajstić information content (AvgIpc) is 2.89. The first-order chi connectivity index (χ1) is 17.3. The molecule has 4 rings (SSSR count). The largest absolute Gasteiger partial charge is 0.493 e. The first-order valence-electron chi connectivity index (χ1n) is 11.1. The zero-order valence-corrected chi connectivity index (χ0v) is 21.5. The normalized spacial score (nSPS) is 12.0. The number of benzene rings is 2. The molecular weight excluding hydrogens is 478 g/mol. The Morgan fingerprint density at radius 1 is 0.806 bits per heavy atom. The molecule has 1 N–H and O–H groups in total. The minimum Gasteiger partial charge on any atom is -0.493 e. The lowest BCUT2D eigenvalue weighted by atomic mass is 9.87. The third kappa shape index (κ3) is 5.60. The van der Waals surface area contributed by atoms with Crippen molar-refractivity contribution in [3.05, 3.63) is 72.6 Å². The number of aromatic nitrogens is 4. The minimum atomic E-state index is -1.67. The zero-order chi connectivity index (χ0) is 25.7. The lowest BCUT2D eigenvalue weighted by molar-refractivity contribution is 0.348. The van der Waals surface area contributed by atoms with Crippen LogP contribution < -0.4 is 18.9 Å². The average molecular weight is 506 g/mol. The van der Waals surface area contributed by atoms with Gasteiger partial charge in [-0.3, -0.25) is 4.72 Å². The first kappa shape index (κ1) is 25.1. The number of anilines is 1. The number of hydrogen-bond donors (Lipinski definition) is 1. The number of nitrogens with one attached hydrogen (secondary N) is 1. The summed E-state index contributed by atoms with van der Waals surface area (Å²) in [5.74, 6) is 1.77. The second-order valence-corrected chi connectivity index (χ2v) is 9.92. The van der Waals surface area contributed by atoms with Gasteiger partial charge in [0.15, 0.2) is 34.1 Å². The molecule has 0 saturated carbocycles. The maximum atomic E-state index is 13.3. The van der Waals surface area contributed by atoms with Gasteiger partial charge < -0.3 is 14.2 Å². The van der Waals surface area contributed by atoms with Crippen molar-refractivity contribution in [3.8, 4) is 34.8 Å². The number of nitrogens with zero attached hydrogens (tertiary/aromatic N) is 4. The summed E-state index contributed by atoms with van der Waals surface area (Å²) in [5.41, 5.74) is 1.11. The fourth-order valence-corrected chi connectivity index (χ4v) is 4.10. The van der Waals surface area contributed by atoms with Crippen LogP contribution >= 0.6 is 0 Å². The van der Waals surface area contributed by atoms with E-state index in [0.29, 0.717) is 16.4 Å². The predicted octanol–water partition coefficient (Wildman–Crippen LogP) is 5.18. The standard InChI is InChI=1S/C26H27N5O4S/c1-26(2,3)17-11-13-18(14-12-17)36(32)31-22-21(35-20-10-7-6-9-19(20)33-4)25(34-5)30-24(29-22)23-27-15-8-16-28-23/h6-16H,1-5H3,(H,29,30,31). The minimum absolute atomic E-state index is 0.0200. The van der Waals surface area contributed by atoms with E-state index >= 15 is 0 Å². The molecule has 0 spiro atoms. The van der Waals surface area contributed by atoms with Gasteiger partial charge in [0.1, 0.15) is 0 Å². The topological polar surface area (TPSA) is 108 Å². The number of hydrogen-bond acceptors (Lipinski definition) is 8. The molecule has 2 heterocycles. The van der Waals surface area contributed by atoms with Crippen LogP contribution in [0.25, 0.3) is 11.6 Å². The summed E-state index contributed by atoms with van der Waals surface area (Å²) in [6.07, 6.45) is 3.17. The van der Waals surface area contributed by atoms with Crippen LogP contribution in [-0.4, -0.2) is 38.4 Å². The van der Waals surface area contributed by atoms with Crippen LogP contribution in [0.15, 0.2) is 71.9 Å². The molecule has 0 amide bonds.